The van der Waals surface area contributed by atoms with Gasteiger partial charge in [-0.2, -0.15) is 0 Å². The second kappa shape index (κ2) is 6.88. The molecule has 0 aliphatic rings. The lowest BCUT2D eigenvalue weighted by Gasteiger charge is -2.22. The van der Waals surface area contributed by atoms with Gasteiger partial charge in [-0.05, 0) is 6.92 Å². The second-order valence-electron chi connectivity index (χ2n) is 2.82. The lowest BCUT2D eigenvalue weighted by molar-refractivity contribution is -0.121. The Kier molecular flexibility index (Phi) is 6.64. The van der Waals surface area contributed by atoms with Crippen LogP contribution in [0, 0.1) is 0 Å². The Hall–Kier alpha value is -0.500. The Morgan fingerprint density at radius 1 is 1.71 bits per heavy atom. The number of hydrogen-bond acceptors (Lipinski definition) is 4. The molecule has 1 unspecified atom stereocenters. The number of hydrogen-bond donors (Lipinski definition) is 2. The molecule has 3 N–H and O–H groups in total. The monoisotopic (exact) mass is 222 g/mol. The van der Waals surface area contributed by atoms with Gasteiger partial charge < -0.3 is 15.6 Å². The molecule has 2 atom stereocenters. The van der Waals surface area contributed by atoms with Gasteiger partial charge in [-0.3, -0.25) is 9.00 Å². The van der Waals surface area contributed by atoms with E-state index in [-0.39, 0.29) is 19.0 Å². The average molecular weight is 222 g/mol. The predicted molar refractivity (Wildman–Crippen MR) is 52.8 cm³/mol. The van der Waals surface area contributed by atoms with Crippen molar-refractivity contribution in [3.63, 3.8) is 0 Å². The summed E-state index contributed by atoms with van der Waals surface area (Å²) in [7, 11) is 0. The van der Waals surface area contributed by atoms with E-state index in [4.69, 9.17) is 5.73 Å². The molecule has 0 aliphatic heterocycles. The molecule has 0 radical (unpaired) electrons. The van der Waals surface area contributed by atoms with Crippen molar-refractivity contribution in [2.75, 3.05) is 19.6 Å². The Balaban J connectivity index is 3.72. The molecule has 1 amide bonds. The fourth-order valence-electron chi connectivity index (χ4n) is 0.803. The highest BCUT2D eigenvalue weighted by Gasteiger charge is 2.07. The number of likely N-dealkylation sites (N-methyl/N-ethyl adjacent to an activating group) is 1. The molecule has 14 heavy (non-hydrogen) atoms. The molecule has 6 nitrogen and oxygen atoms in total. The predicted octanol–water partition coefficient (Wildman–Crippen LogP) is -1.43. The number of rotatable bonds is 6. The first kappa shape index (κ1) is 13.5. The van der Waals surface area contributed by atoms with Crippen molar-refractivity contribution in [3.05, 3.63) is 0 Å². The summed E-state index contributed by atoms with van der Waals surface area (Å²) in [6.07, 6.45) is 0. The van der Waals surface area contributed by atoms with E-state index in [0.29, 0.717) is 6.54 Å². The van der Waals surface area contributed by atoms with Crippen molar-refractivity contribution in [2.24, 2.45) is 5.73 Å². The van der Waals surface area contributed by atoms with Crippen LogP contribution in [0.15, 0.2) is 0 Å². The van der Waals surface area contributed by atoms with Crippen LogP contribution in [0.3, 0.4) is 0 Å². The van der Waals surface area contributed by atoms with Crippen molar-refractivity contribution in [1.82, 2.24) is 9.62 Å². The first-order chi connectivity index (χ1) is 6.49. The molecule has 0 spiro atoms. The molecule has 0 aliphatic carbocycles. The molecule has 0 saturated heterocycles. The minimum absolute atomic E-state index is 0.269. The van der Waals surface area contributed by atoms with Crippen LogP contribution in [-0.2, 0) is 16.1 Å². The summed E-state index contributed by atoms with van der Waals surface area (Å²) in [6, 6.07) is -0.567. The number of nitrogens with one attached hydrogen (secondary N) is 1. The van der Waals surface area contributed by atoms with Crippen molar-refractivity contribution in [1.29, 1.82) is 0 Å². The molecule has 0 saturated carbocycles. The summed E-state index contributed by atoms with van der Waals surface area (Å²) >= 11 is -2.23. The van der Waals surface area contributed by atoms with E-state index in [2.05, 4.69) is 5.32 Å². The molecule has 0 aromatic heterocycles. The highest BCUT2D eigenvalue weighted by molar-refractivity contribution is 7.76. The third-order valence-corrected chi connectivity index (χ3v) is 2.50. The molecule has 7 heteroatoms. The van der Waals surface area contributed by atoms with E-state index < -0.39 is 17.3 Å². The van der Waals surface area contributed by atoms with Gasteiger partial charge in [-0.1, -0.05) is 6.92 Å². The molecule has 0 fully saturated rings. The smallest absolute Gasteiger partial charge is 0.236 e. The molecule has 0 aromatic carbocycles. The van der Waals surface area contributed by atoms with Gasteiger partial charge in [-0.15, -0.1) is 0 Å². The summed E-state index contributed by atoms with van der Waals surface area (Å²) in [6.45, 7) is 4.24. The van der Waals surface area contributed by atoms with Gasteiger partial charge in [-0.25, -0.2) is 4.31 Å². The van der Waals surface area contributed by atoms with Crippen LogP contribution in [-0.4, -0.2) is 44.7 Å². The van der Waals surface area contributed by atoms with Crippen molar-refractivity contribution in [2.45, 2.75) is 19.9 Å². The second-order valence-corrected chi connectivity index (χ2v) is 3.77. The van der Waals surface area contributed by atoms with Crippen LogP contribution in [0.2, 0.25) is 0 Å². The van der Waals surface area contributed by atoms with Crippen molar-refractivity contribution in [3.8, 4) is 0 Å². The summed E-state index contributed by atoms with van der Waals surface area (Å²) < 4.78 is 22.3. The number of nitrogens with zero attached hydrogens (tertiary/aromatic N) is 1. The number of nitrogens with two attached hydrogens (primary N) is 1. The normalized spacial score (nSPS) is 15.2. The third-order valence-electron chi connectivity index (χ3n) is 1.64. The maximum atomic E-state index is 11.0. The fraction of sp³-hybridized carbons (Fsp3) is 0.857. The highest BCUT2D eigenvalue weighted by Crippen LogP contribution is 1.89. The third kappa shape index (κ3) is 5.28. The quantitative estimate of drug-likeness (QED) is 0.538. The lowest BCUT2D eigenvalue weighted by Crippen LogP contribution is -2.42. The molecular formula is C7H16N3O3S-. The first-order valence-corrected chi connectivity index (χ1v) is 5.39. The zero-order valence-electron chi connectivity index (χ0n) is 8.36. The van der Waals surface area contributed by atoms with Gasteiger partial charge in [0.1, 0.15) is 0 Å². The molecular weight excluding hydrogens is 206 g/mol. The molecule has 0 heterocycles. The topological polar surface area (TPSA) is 98.5 Å². The summed E-state index contributed by atoms with van der Waals surface area (Å²) in [4.78, 5) is 11.0. The van der Waals surface area contributed by atoms with Gasteiger partial charge >= 0.3 is 0 Å². The maximum Gasteiger partial charge on any atom is 0.236 e. The number of amides is 1. The Labute approximate surface area is 86.3 Å². The SMILES string of the molecule is CCN(CCNC(=O)[C@H](C)N)S(=O)[O-]. The summed E-state index contributed by atoms with van der Waals surface area (Å²) in [5.74, 6) is -0.280. The minimum atomic E-state index is -2.23. The Morgan fingerprint density at radius 2 is 2.29 bits per heavy atom. The zero-order chi connectivity index (χ0) is 11.1. The largest absolute Gasteiger partial charge is 0.760 e. The van der Waals surface area contributed by atoms with Crippen molar-refractivity contribution >= 4 is 17.2 Å². The fourth-order valence-corrected chi connectivity index (χ4v) is 1.25. The molecule has 0 aromatic rings. The molecule has 0 bridgehead atoms. The van der Waals surface area contributed by atoms with E-state index >= 15 is 0 Å². The summed E-state index contributed by atoms with van der Waals surface area (Å²) in [5, 5.41) is 2.52. The Morgan fingerprint density at radius 3 is 2.64 bits per heavy atom. The van der Waals surface area contributed by atoms with E-state index in [1.54, 1.807) is 13.8 Å². The van der Waals surface area contributed by atoms with Crippen LogP contribution >= 0.6 is 0 Å². The van der Waals surface area contributed by atoms with Gasteiger partial charge in [0.05, 0.1) is 6.04 Å². The van der Waals surface area contributed by atoms with Crippen molar-refractivity contribution < 1.29 is 13.6 Å². The van der Waals surface area contributed by atoms with Gasteiger partial charge in [0, 0.05) is 30.9 Å². The van der Waals surface area contributed by atoms with Gasteiger partial charge in [0.25, 0.3) is 0 Å². The van der Waals surface area contributed by atoms with Crippen LogP contribution in [0.25, 0.3) is 0 Å². The molecule has 0 rings (SSSR count). The number of carbonyl (C=O) groups is 1. The average Bonchev–Trinajstić information content (AvgIpc) is 2.11. The first-order valence-electron chi connectivity index (χ1n) is 4.36. The maximum absolute atomic E-state index is 11.0. The summed E-state index contributed by atoms with van der Waals surface area (Å²) in [5.41, 5.74) is 5.30. The van der Waals surface area contributed by atoms with Crippen LogP contribution < -0.4 is 11.1 Å². The van der Waals surface area contributed by atoms with Crippen LogP contribution in [0.4, 0.5) is 0 Å². The Bertz CT molecular complexity index is 210. The minimum Gasteiger partial charge on any atom is -0.760 e. The molecule has 84 valence electrons. The zero-order valence-corrected chi connectivity index (χ0v) is 9.17. The van der Waals surface area contributed by atoms with E-state index in [1.165, 1.54) is 4.31 Å². The standard InChI is InChI=1S/C7H17N3O3S/c1-3-10(14(12)13)5-4-9-7(11)6(2)8/h6H,3-5,8H2,1-2H3,(H,9,11)(H,12,13)/p-1/t6-/m0/s1. The lowest BCUT2D eigenvalue weighted by atomic mass is 10.3. The van der Waals surface area contributed by atoms with E-state index in [0.717, 1.165) is 0 Å². The van der Waals surface area contributed by atoms with Gasteiger partial charge in [0.15, 0.2) is 0 Å². The van der Waals surface area contributed by atoms with E-state index in [9.17, 15) is 13.6 Å². The van der Waals surface area contributed by atoms with E-state index in [1.807, 2.05) is 0 Å². The highest BCUT2D eigenvalue weighted by atomic mass is 32.2. The number of carbonyl (C=O) groups excluding carboxylic acids is 1. The van der Waals surface area contributed by atoms with Crippen LogP contribution in [0.5, 0.6) is 0 Å². The van der Waals surface area contributed by atoms with Crippen LogP contribution in [0.1, 0.15) is 13.8 Å². The van der Waals surface area contributed by atoms with Gasteiger partial charge in [0.2, 0.25) is 5.91 Å².